The van der Waals surface area contributed by atoms with Crippen LogP contribution in [0.2, 0.25) is 0 Å². The second kappa shape index (κ2) is 5.94. The molecule has 1 aliphatic carbocycles. The van der Waals surface area contributed by atoms with E-state index in [1.807, 2.05) is 26.8 Å². The van der Waals surface area contributed by atoms with Gasteiger partial charge in [-0.2, -0.15) is 0 Å². The third-order valence-electron chi connectivity index (χ3n) is 4.02. The van der Waals surface area contributed by atoms with Gasteiger partial charge in [-0.05, 0) is 37.5 Å². The summed E-state index contributed by atoms with van der Waals surface area (Å²) in [7, 11) is 1.66. The Balaban J connectivity index is 3.13. The van der Waals surface area contributed by atoms with E-state index in [4.69, 9.17) is 9.84 Å². The van der Waals surface area contributed by atoms with Crippen molar-refractivity contribution in [3.63, 3.8) is 0 Å². The molecule has 0 heterocycles. The first kappa shape index (κ1) is 16.7. The van der Waals surface area contributed by atoms with Crippen LogP contribution in [0.4, 0.5) is 0 Å². The molecule has 0 fully saturated rings. The van der Waals surface area contributed by atoms with E-state index in [9.17, 15) is 9.90 Å². The van der Waals surface area contributed by atoms with Crippen LogP contribution in [0.3, 0.4) is 0 Å². The van der Waals surface area contributed by atoms with Gasteiger partial charge in [0.15, 0.2) is 0 Å². The molecule has 0 amide bonds. The maximum Gasteiger partial charge on any atom is 0.328 e. The van der Waals surface area contributed by atoms with Gasteiger partial charge in [0, 0.05) is 18.6 Å². The van der Waals surface area contributed by atoms with Crippen molar-refractivity contribution in [1.29, 1.82) is 0 Å². The van der Waals surface area contributed by atoms with E-state index >= 15 is 0 Å². The highest BCUT2D eigenvalue weighted by Gasteiger charge is 2.46. The van der Waals surface area contributed by atoms with E-state index in [2.05, 4.69) is 0 Å². The quantitative estimate of drug-likeness (QED) is 0.472. The molecule has 2 atom stereocenters. The fourth-order valence-corrected chi connectivity index (χ4v) is 2.66. The summed E-state index contributed by atoms with van der Waals surface area (Å²) in [4.78, 5) is 10.6. The summed E-state index contributed by atoms with van der Waals surface area (Å²) < 4.78 is 5.37. The Bertz CT molecular complexity index is 471. The number of carboxylic acid groups (broad SMARTS) is 1. The first-order chi connectivity index (χ1) is 9.12. The van der Waals surface area contributed by atoms with Crippen LogP contribution in [0.5, 0.6) is 0 Å². The lowest BCUT2D eigenvalue weighted by atomic mass is 9.64. The lowest BCUT2D eigenvalue weighted by molar-refractivity contribution is -0.131. The molecular formula is C16H24O4. The normalized spacial score (nSPS) is 30.4. The predicted octanol–water partition coefficient (Wildman–Crippen LogP) is 2.70. The van der Waals surface area contributed by atoms with Crippen LogP contribution in [0.25, 0.3) is 0 Å². The van der Waals surface area contributed by atoms with Gasteiger partial charge in [-0.3, -0.25) is 0 Å². The Kier molecular flexibility index (Phi) is 4.95. The number of rotatable bonds is 4. The fraction of sp³-hybridized carbons (Fsp3) is 0.562. The molecular weight excluding hydrogens is 256 g/mol. The number of carboxylic acids is 1. The van der Waals surface area contributed by atoms with E-state index in [1.54, 1.807) is 26.2 Å². The summed E-state index contributed by atoms with van der Waals surface area (Å²) in [5.41, 5.74) is -0.0920. The molecule has 0 bridgehead atoms. The van der Waals surface area contributed by atoms with Crippen LogP contribution in [0.1, 0.15) is 34.1 Å². The third-order valence-corrected chi connectivity index (χ3v) is 4.02. The molecule has 0 unspecified atom stereocenters. The van der Waals surface area contributed by atoms with Crippen LogP contribution in [0, 0.1) is 5.41 Å². The Hall–Kier alpha value is -1.39. The summed E-state index contributed by atoms with van der Waals surface area (Å²) in [6.07, 6.45) is 7.07. The minimum atomic E-state index is -1.10. The van der Waals surface area contributed by atoms with Crippen molar-refractivity contribution < 1.29 is 19.7 Å². The lowest BCUT2D eigenvalue weighted by Gasteiger charge is -2.46. The molecule has 0 aromatic carbocycles. The first-order valence-corrected chi connectivity index (χ1v) is 6.67. The largest absolute Gasteiger partial charge is 0.478 e. The molecule has 0 aliphatic heterocycles. The second-order valence-electron chi connectivity index (χ2n) is 6.04. The predicted molar refractivity (Wildman–Crippen MR) is 78.4 cm³/mol. The van der Waals surface area contributed by atoms with Crippen molar-refractivity contribution in [2.45, 2.75) is 45.8 Å². The first-order valence-electron chi connectivity index (χ1n) is 6.67. The summed E-state index contributed by atoms with van der Waals surface area (Å²) in [5, 5.41) is 19.7. The molecule has 4 nitrogen and oxygen atoms in total. The number of aliphatic carboxylic acids is 1. The van der Waals surface area contributed by atoms with Crippen LogP contribution in [-0.2, 0) is 9.53 Å². The molecule has 0 radical (unpaired) electrons. The van der Waals surface area contributed by atoms with Crippen molar-refractivity contribution in [2.24, 2.45) is 5.41 Å². The van der Waals surface area contributed by atoms with Gasteiger partial charge in [-0.15, -0.1) is 0 Å². The van der Waals surface area contributed by atoms with Gasteiger partial charge in [0.1, 0.15) is 5.60 Å². The average molecular weight is 280 g/mol. The molecule has 2 N–H and O–H groups in total. The summed E-state index contributed by atoms with van der Waals surface area (Å²) in [5.74, 6) is -0.992. The van der Waals surface area contributed by atoms with Crippen LogP contribution < -0.4 is 0 Å². The smallest absolute Gasteiger partial charge is 0.328 e. The Morgan fingerprint density at radius 3 is 2.55 bits per heavy atom. The summed E-state index contributed by atoms with van der Waals surface area (Å²) in [6.45, 7) is 7.53. The lowest BCUT2D eigenvalue weighted by Crippen LogP contribution is -2.49. The second-order valence-corrected chi connectivity index (χ2v) is 6.04. The number of methoxy groups -OCH3 is 1. The molecule has 0 saturated carbocycles. The zero-order valence-electron chi connectivity index (χ0n) is 12.8. The highest BCUT2D eigenvalue weighted by molar-refractivity contribution is 5.81. The van der Waals surface area contributed by atoms with Crippen LogP contribution in [0.15, 0.2) is 35.5 Å². The number of allylic oxidation sites excluding steroid dienone is 2. The SMILES string of the molecule is CO[C@@H]1C=C(C)[C@@](O)(/C=C/C(C)=C\C(=O)O)C(C)(C)C1. The van der Waals surface area contributed by atoms with Crippen LogP contribution >= 0.6 is 0 Å². The van der Waals surface area contributed by atoms with Gasteiger partial charge in [-0.1, -0.05) is 26.0 Å². The number of carbonyl (C=O) groups is 1. The van der Waals surface area contributed by atoms with Crippen molar-refractivity contribution in [2.75, 3.05) is 7.11 Å². The number of hydrogen-bond donors (Lipinski definition) is 2. The van der Waals surface area contributed by atoms with E-state index in [-0.39, 0.29) is 6.10 Å². The average Bonchev–Trinajstić information content (AvgIpc) is 2.32. The van der Waals surface area contributed by atoms with Crippen molar-refractivity contribution in [3.8, 4) is 0 Å². The molecule has 0 aromatic rings. The minimum absolute atomic E-state index is 0.00525. The van der Waals surface area contributed by atoms with Crippen LogP contribution in [-0.4, -0.2) is 35.0 Å². The Morgan fingerprint density at radius 2 is 2.10 bits per heavy atom. The van der Waals surface area contributed by atoms with Crippen molar-refractivity contribution in [1.82, 2.24) is 0 Å². The monoisotopic (exact) mass is 280 g/mol. The maximum atomic E-state index is 11.0. The molecule has 0 saturated heterocycles. The molecule has 4 heteroatoms. The topological polar surface area (TPSA) is 66.8 Å². The van der Waals surface area contributed by atoms with E-state index in [0.29, 0.717) is 12.0 Å². The minimum Gasteiger partial charge on any atom is -0.478 e. The van der Waals surface area contributed by atoms with Gasteiger partial charge >= 0.3 is 5.97 Å². The molecule has 1 aliphatic rings. The van der Waals surface area contributed by atoms with E-state index < -0.39 is 17.0 Å². The van der Waals surface area contributed by atoms with Gasteiger partial charge < -0.3 is 14.9 Å². The van der Waals surface area contributed by atoms with Gasteiger partial charge in [0.05, 0.1) is 6.10 Å². The van der Waals surface area contributed by atoms with Gasteiger partial charge in [0.2, 0.25) is 0 Å². The number of aliphatic hydroxyl groups is 1. The molecule has 1 rings (SSSR count). The molecule has 112 valence electrons. The van der Waals surface area contributed by atoms with Crippen molar-refractivity contribution in [3.05, 3.63) is 35.5 Å². The molecule has 0 aromatic heterocycles. The Morgan fingerprint density at radius 1 is 1.50 bits per heavy atom. The highest BCUT2D eigenvalue weighted by atomic mass is 16.5. The molecule has 20 heavy (non-hydrogen) atoms. The number of hydrogen-bond acceptors (Lipinski definition) is 3. The van der Waals surface area contributed by atoms with E-state index in [0.717, 1.165) is 11.6 Å². The third kappa shape index (κ3) is 3.38. The van der Waals surface area contributed by atoms with E-state index in [1.165, 1.54) is 0 Å². The highest BCUT2D eigenvalue weighted by Crippen LogP contribution is 2.45. The fourth-order valence-electron chi connectivity index (χ4n) is 2.66. The summed E-state index contributed by atoms with van der Waals surface area (Å²) in [6, 6.07) is 0. The van der Waals surface area contributed by atoms with Gasteiger partial charge in [0.25, 0.3) is 0 Å². The maximum absolute atomic E-state index is 11.0. The van der Waals surface area contributed by atoms with Crippen molar-refractivity contribution >= 4 is 5.97 Å². The Labute approximate surface area is 120 Å². The number of ether oxygens (including phenoxy) is 1. The van der Waals surface area contributed by atoms with Gasteiger partial charge in [-0.25, -0.2) is 4.79 Å². The standard InChI is InChI=1S/C16H24O4/c1-11(8-14(17)18)6-7-16(19)12(2)9-13(20-5)10-15(16,3)4/h6-9,13,19H,10H2,1-5H3,(H,17,18)/b7-6+,11-8-/t13-,16+/m1/s1. The molecule has 0 spiro atoms. The zero-order valence-corrected chi connectivity index (χ0v) is 12.8. The zero-order chi connectivity index (χ0) is 15.6. The summed E-state index contributed by atoms with van der Waals surface area (Å²) >= 11 is 0.